The summed E-state index contributed by atoms with van der Waals surface area (Å²) in [5.41, 5.74) is 1.06. The molecule has 120 valence electrons. The Balaban J connectivity index is 2.54. The zero-order chi connectivity index (χ0) is 15.9. The number of benzene rings is 1. The van der Waals surface area contributed by atoms with E-state index in [1.165, 1.54) is 0 Å². The van der Waals surface area contributed by atoms with Gasteiger partial charge in [-0.25, -0.2) is 13.1 Å². The van der Waals surface area contributed by atoms with Gasteiger partial charge in [0.2, 0.25) is 10.0 Å². The lowest BCUT2D eigenvalue weighted by molar-refractivity contribution is 0.0834. The first-order chi connectivity index (χ1) is 9.81. The van der Waals surface area contributed by atoms with Crippen LogP contribution in [0.15, 0.2) is 29.2 Å². The highest BCUT2D eigenvalue weighted by atomic mass is 32.2. The van der Waals surface area contributed by atoms with Crippen molar-refractivity contribution in [2.75, 3.05) is 13.2 Å². The van der Waals surface area contributed by atoms with Crippen molar-refractivity contribution in [3.05, 3.63) is 29.8 Å². The lowest BCUT2D eigenvalue weighted by Gasteiger charge is -2.11. The van der Waals surface area contributed by atoms with Crippen LogP contribution < -0.4 is 10.0 Å². The van der Waals surface area contributed by atoms with Gasteiger partial charge in [0.25, 0.3) is 0 Å². The first-order valence-corrected chi connectivity index (χ1v) is 8.73. The summed E-state index contributed by atoms with van der Waals surface area (Å²) in [5, 5.41) is 3.29. The van der Waals surface area contributed by atoms with Crippen LogP contribution in [0.25, 0.3) is 0 Å². The molecule has 0 amide bonds. The van der Waals surface area contributed by atoms with Crippen LogP contribution in [0.5, 0.6) is 0 Å². The van der Waals surface area contributed by atoms with E-state index >= 15 is 0 Å². The number of rotatable bonds is 9. The molecule has 0 fully saturated rings. The Morgan fingerprint density at radius 1 is 1.10 bits per heavy atom. The van der Waals surface area contributed by atoms with Crippen molar-refractivity contribution >= 4 is 10.0 Å². The molecule has 0 aliphatic heterocycles. The smallest absolute Gasteiger partial charge is 0.240 e. The molecule has 0 bridgehead atoms. The summed E-state index contributed by atoms with van der Waals surface area (Å²) in [6.45, 7) is 9.35. The molecule has 6 heteroatoms. The van der Waals surface area contributed by atoms with Gasteiger partial charge in [-0.05, 0) is 31.5 Å². The summed E-state index contributed by atoms with van der Waals surface area (Å²) in [6, 6.07) is 7.31. The van der Waals surface area contributed by atoms with Crippen LogP contribution in [0.3, 0.4) is 0 Å². The normalized spacial score (nSPS) is 12.3. The monoisotopic (exact) mass is 314 g/mol. The minimum atomic E-state index is -3.46. The predicted molar refractivity (Wildman–Crippen MR) is 84.7 cm³/mol. The second kappa shape index (κ2) is 8.48. The summed E-state index contributed by atoms with van der Waals surface area (Å²) in [6.07, 6.45) is 0.0993. The Morgan fingerprint density at radius 2 is 1.71 bits per heavy atom. The molecule has 0 saturated carbocycles. The molecule has 2 N–H and O–H groups in total. The fourth-order valence-electron chi connectivity index (χ4n) is 1.66. The summed E-state index contributed by atoms with van der Waals surface area (Å²) in [4.78, 5) is 0.278. The van der Waals surface area contributed by atoms with Crippen molar-refractivity contribution in [1.82, 2.24) is 10.0 Å². The van der Waals surface area contributed by atoms with Crippen LogP contribution in [-0.4, -0.2) is 33.7 Å². The third-order valence-corrected chi connectivity index (χ3v) is 4.27. The molecule has 0 radical (unpaired) electrons. The molecule has 0 unspecified atom stereocenters. The third-order valence-electron chi connectivity index (χ3n) is 2.79. The number of ether oxygens (including phenoxy) is 1. The van der Waals surface area contributed by atoms with Gasteiger partial charge in [-0.15, -0.1) is 0 Å². The molecule has 0 saturated heterocycles. The van der Waals surface area contributed by atoms with E-state index in [0.29, 0.717) is 12.6 Å². The van der Waals surface area contributed by atoms with Gasteiger partial charge in [-0.3, -0.25) is 0 Å². The van der Waals surface area contributed by atoms with Crippen molar-refractivity contribution in [2.45, 2.75) is 51.3 Å². The molecule has 0 aromatic heterocycles. The summed E-state index contributed by atoms with van der Waals surface area (Å²) in [5.74, 6) is 0. The summed E-state index contributed by atoms with van der Waals surface area (Å²) in [7, 11) is -3.46. The van der Waals surface area contributed by atoms with E-state index in [9.17, 15) is 8.42 Å². The van der Waals surface area contributed by atoms with Crippen LogP contribution in [0.2, 0.25) is 0 Å². The maximum absolute atomic E-state index is 12.1. The minimum Gasteiger partial charge on any atom is -0.377 e. The Kier molecular flexibility index (Phi) is 7.31. The molecule has 0 heterocycles. The largest absolute Gasteiger partial charge is 0.377 e. The molecule has 1 rings (SSSR count). The topological polar surface area (TPSA) is 67.4 Å². The number of hydrogen-bond acceptors (Lipinski definition) is 4. The van der Waals surface area contributed by atoms with E-state index in [2.05, 4.69) is 23.9 Å². The fraction of sp³-hybridized carbons (Fsp3) is 0.600. The van der Waals surface area contributed by atoms with Crippen LogP contribution >= 0.6 is 0 Å². The van der Waals surface area contributed by atoms with Crippen LogP contribution in [-0.2, 0) is 21.3 Å². The molecule has 0 spiro atoms. The molecule has 1 aromatic rings. The Hall–Kier alpha value is -0.950. The number of hydrogen-bond donors (Lipinski definition) is 2. The summed E-state index contributed by atoms with van der Waals surface area (Å²) >= 11 is 0. The molecule has 21 heavy (non-hydrogen) atoms. The summed E-state index contributed by atoms with van der Waals surface area (Å²) < 4.78 is 32.0. The zero-order valence-corrected chi connectivity index (χ0v) is 14.0. The highest BCUT2D eigenvalue weighted by molar-refractivity contribution is 7.89. The first-order valence-electron chi connectivity index (χ1n) is 7.25. The quantitative estimate of drug-likeness (QED) is 0.683. The van der Waals surface area contributed by atoms with E-state index in [4.69, 9.17) is 4.74 Å². The molecule has 1 aromatic carbocycles. The lowest BCUT2D eigenvalue weighted by Crippen LogP contribution is -2.28. The van der Waals surface area contributed by atoms with E-state index in [1.54, 1.807) is 12.1 Å². The fourth-order valence-corrected chi connectivity index (χ4v) is 2.68. The van der Waals surface area contributed by atoms with Gasteiger partial charge in [-0.2, -0.15) is 0 Å². The van der Waals surface area contributed by atoms with Crippen molar-refractivity contribution in [3.63, 3.8) is 0 Å². The van der Waals surface area contributed by atoms with Crippen LogP contribution in [0.1, 0.15) is 33.3 Å². The Bertz CT molecular complexity index is 510. The van der Waals surface area contributed by atoms with Crippen LogP contribution in [0, 0.1) is 0 Å². The molecule has 5 nitrogen and oxygen atoms in total. The van der Waals surface area contributed by atoms with Gasteiger partial charge in [0, 0.05) is 19.1 Å². The van der Waals surface area contributed by atoms with Gasteiger partial charge in [0.1, 0.15) is 0 Å². The van der Waals surface area contributed by atoms with Gasteiger partial charge in [0.05, 0.1) is 17.6 Å². The van der Waals surface area contributed by atoms with Gasteiger partial charge >= 0.3 is 0 Å². The number of nitrogens with one attached hydrogen (secondary N) is 2. The Labute approximate surface area is 128 Å². The van der Waals surface area contributed by atoms with E-state index in [-0.39, 0.29) is 17.5 Å². The second-order valence-corrected chi connectivity index (χ2v) is 7.26. The van der Waals surface area contributed by atoms with Crippen molar-refractivity contribution < 1.29 is 13.2 Å². The highest BCUT2D eigenvalue weighted by Crippen LogP contribution is 2.10. The average Bonchev–Trinajstić information content (AvgIpc) is 2.41. The average molecular weight is 314 g/mol. The molecule has 0 atom stereocenters. The standard InChI is InChI=1S/C15H26N2O3S/c1-12(2)16-11-14-5-7-15(8-6-14)21(18,19)17-9-10-20-13(3)4/h5-8,12-13,16-17H,9-11H2,1-4H3. The van der Waals surface area contributed by atoms with E-state index in [1.807, 2.05) is 26.0 Å². The molecular weight excluding hydrogens is 288 g/mol. The maximum atomic E-state index is 12.1. The SMILES string of the molecule is CC(C)NCc1ccc(S(=O)(=O)NCCOC(C)C)cc1. The zero-order valence-electron chi connectivity index (χ0n) is 13.2. The van der Waals surface area contributed by atoms with E-state index in [0.717, 1.165) is 12.1 Å². The van der Waals surface area contributed by atoms with Crippen molar-refractivity contribution in [3.8, 4) is 0 Å². The molecule has 0 aliphatic carbocycles. The van der Waals surface area contributed by atoms with Gasteiger partial charge < -0.3 is 10.1 Å². The second-order valence-electron chi connectivity index (χ2n) is 5.50. The number of sulfonamides is 1. The lowest BCUT2D eigenvalue weighted by atomic mass is 10.2. The highest BCUT2D eigenvalue weighted by Gasteiger charge is 2.13. The maximum Gasteiger partial charge on any atom is 0.240 e. The predicted octanol–water partition coefficient (Wildman–Crippen LogP) is 1.89. The minimum absolute atomic E-state index is 0.0993. The Morgan fingerprint density at radius 3 is 2.24 bits per heavy atom. The van der Waals surface area contributed by atoms with Crippen molar-refractivity contribution in [2.24, 2.45) is 0 Å². The van der Waals surface area contributed by atoms with Crippen molar-refractivity contribution in [1.29, 1.82) is 0 Å². The molecular formula is C15H26N2O3S. The third kappa shape index (κ3) is 7.04. The van der Waals surface area contributed by atoms with Gasteiger partial charge in [-0.1, -0.05) is 26.0 Å². The van der Waals surface area contributed by atoms with E-state index < -0.39 is 10.0 Å². The van der Waals surface area contributed by atoms with Crippen LogP contribution in [0.4, 0.5) is 0 Å². The molecule has 0 aliphatic rings. The first kappa shape index (κ1) is 18.1. The van der Waals surface area contributed by atoms with Gasteiger partial charge in [0.15, 0.2) is 0 Å².